The largest absolute Gasteiger partial charge is 0.350 e. The summed E-state index contributed by atoms with van der Waals surface area (Å²) in [6.07, 6.45) is 3.90. The fourth-order valence-corrected chi connectivity index (χ4v) is 1.59. The first kappa shape index (κ1) is 21.5. The Morgan fingerprint density at radius 3 is 2.45 bits per heavy atom. The van der Waals surface area contributed by atoms with Gasteiger partial charge in [-0.05, 0) is 33.6 Å². The van der Waals surface area contributed by atoms with E-state index in [2.05, 4.69) is 22.2 Å². The molecular formula is C14H29IN4O. The standard InChI is InChI=1S/C14H28N4O.HI/c1-7-8-9-10-18(6)13(15-5)16-11-12(19)17-14(2,3)4;/h7H,1,8-11H2,2-6H3,(H,15,16)(H,17,19);1H. The number of carbonyl (C=O) groups excluding carboxylic acids is 1. The van der Waals surface area contributed by atoms with E-state index in [-0.39, 0.29) is 42.0 Å². The Morgan fingerprint density at radius 1 is 1.40 bits per heavy atom. The second kappa shape index (κ2) is 10.9. The minimum absolute atomic E-state index is 0. The summed E-state index contributed by atoms with van der Waals surface area (Å²) in [7, 11) is 3.67. The molecule has 0 spiro atoms. The molecule has 0 aliphatic heterocycles. The SMILES string of the molecule is C=CCCCN(C)C(=NC)NCC(=O)NC(C)(C)C.I. The lowest BCUT2D eigenvalue weighted by Crippen LogP contribution is -2.48. The average molecular weight is 396 g/mol. The Kier molecular flexibility index (Phi) is 11.8. The number of halogens is 1. The third kappa shape index (κ3) is 11.1. The van der Waals surface area contributed by atoms with Gasteiger partial charge in [-0.1, -0.05) is 6.08 Å². The van der Waals surface area contributed by atoms with Crippen LogP contribution >= 0.6 is 24.0 Å². The van der Waals surface area contributed by atoms with Crippen LogP contribution in [0.25, 0.3) is 0 Å². The zero-order chi connectivity index (χ0) is 14.9. The third-order valence-electron chi connectivity index (χ3n) is 2.40. The van der Waals surface area contributed by atoms with Gasteiger partial charge in [0.05, 0.1) is 6.54 Å². The number of allylic oxidation sites excluding steroid dienone is 1. The number of hydrogen-bond acceptors (Lipinski definition) is 2. The van der Waals surface area contributed by atoms with Gasteiger partial charge in [-0.2, -0.15) is 0 Å². The van der Waals surface area contributed by atoms with Gasteiger partial charge in [-0.3, -0.25) is 9.79 Å². The molecule has 0 fully saturated rings. The molecule has 0 aromatic carbocycles. The maximum absolute atomic E-state index is 11.7. The Balaban J connectivity index is 0. The smallest absolute Gasteiger partial charge is 0.239 e. The highest BCUT2D eigenvalue weighted by Crippen LogP contribution is 1.97. The highest BCUT2D eigenvalue weighted by atomic mass is 127. The predicted octanol–water partition coefficient (Wildman–Crippen LogP) is 1.99. The fraction of sp³-hybridized carbons (Fsp3) is 0.714. The van der Waals surface area contributed by atoms with Gasteiger partial charge in [0.2, 0.25) is 5.91 Å². The molecule has 0 saturated carbocycles. The number of unbranched alkanes of at least 4 members (excludes halogenated alkanes) is 1. The predicted molar refractivity (Wildman–Crippen MR) is 96.7 cm³/mol. The van der Waals surface area contributed by atoms with Crippen LogP contribution in [-0.2, 0) is 4.79 Å². The van der Waals surface area contributed by atoms with E-state index in [0.717, 1.165) is 25.3 Å². The Morgan fingerprint density at radius 2 is 2.00 bits per heavy atom. The van der Waals surface area contributed by atoms with Crippen LogP contribution in [0.5, 0.6) is 0 Å². The molecule has 0 radical (unpaired) electrons. The summed E-state index contributed by atoms with van der Waals surface area (Å²) < 4.78 is 0. The van der Waals surface area contributed by atoms with E-state index in [1.165, 1.54) is 0 Å². The first-order valence-corrected chi connectivity index (χ1v) is 6.64. The molecule has 0 aromatic rings. The summed E-state index contributed by atoms with van der Waals surface area (Å²) in [5.74, 6) is 0.696. The van der Waals surface area contributed by atoms with Crippen molar-refractivity contribution in [3.8, 4) is 0 Å². The second-order valence-corrected chi connectivity index (χ2v) is 5.55. The molecule has 0 saturated heterocycles. The summed E-state index contributed by atoms with van der Waals surface area (Å²) in [5.41, 5.74) is -0.210. The van der Waals surface area contributed by atoms with E-state index >= 15 is 0 Å². The van der Waals surface area contributed by atoms with Crippen molar-refractivity contribution in [1.82, 2.24) is 15.5 Å². The maximum atomic E-state index is 11.7. The van der Waals surface area contributed by atoms with Crippen LogP contribution in [0.1, 0.15) is 33.6 Å². The number of carbonyl (C=O) groups is 1. The highest BCUT2D eigenvalue weighted by molar-refractivity contribution is 14.0. The number of aliphatic imine (C=N–C) groups is 1. The number of rotatable bonds is 6. The zero-order valence-electron chi connectivity index (χ0n) is 13.3. The van der Waals surface area contributed by atoms with Crippen molar-refractivity contribution in [2.24, 2.45) is 4.99 Å². The second-order valence-electron chi connectivity index (χ2n) is 5.55. The van der Waals surface area contributed by atoms with E-state index in [4.69, 9.17) is 0 Å². The van der Waals surface area contributed by atoms with Gasteiger partial charge in [-0.25, -0.2) is 0 Å². The molecule has 0 rings (SSSR count). The van der Waals surface area contributed by atoms with Crippen LogP contribution in [0.15, 0.2) is 17.6 Å². The first-order valence-electron chi connectivity index (χ1n) is 6.64. The molecule has 5 nitrogen and oxygen atoms in total. The van der Waals surface area contributed by atoms with Crippen molar-refractivity contribution in [1.29, 1.82) is 0 Å². The van der Waals surface area contributed by atoms with Crippen molar-refractivity contribution in [3.05, 3.63) is 12.7 Å². The van der Waals surface area contributed by atoms with Crippen LogP contribution in [0.2, 0.25) is 0 Å². The molecule has 0 aliphatic rings. The zero-order valence-corrected chi connectivity index (χ0v) is 15.7. The van der Waals surface area contributed by atoms with Crippen molar-refractivity contribution in [3.63, 3.8) is 0 Å². The monoisotopic (exact) mass is 396 g/mol. The summed E-state index contributed by atoms with van der Waals surface area (Å²) in [6, 6.07) is 0. The molecular weight excluding hydrogens is 367 g/mol. The fourth-order valence-electron chi connectivity index (χ4n) is 1.59. The first-order chi connectivity index (χ1) is 8.80. The molecule has 0 heterocycles. The Bertz CT molecular complexity index is 324. The summed E-state index contributed by atoms with van der Waals surface area (Å²) in [5, 5.41) is 5.96. The van der Waals surface area contributed by atoms with Gasteiger partial charge in [0, 0.05) is 26.2 Å². The number of hydrogen-bond donors (Lipinski definition) is 2. The Hall–Kier alpha value is -0.790. The van der Waals surface area contributed by atoms with Gasteiger partial charge >= 0.3 is 0 Å². The molecule has 0 bridgehead atoms. The molecule has 2 N–H and O–H groups in total. The van der Waals surface area contributed by atoms with Crippen LogP contribution < -0.4 is 10.6 Å². The van der Waals surface area contributed by atoms with E-state index in [1.807, 2.05) is 38.8 Å². The summed E-state index contributed by atoms with van der Waals surface area (Å²) >= 11 is 0. The molecule has 0 aliphatic carbocycles. The number of nitrogens with one attached hydrogen (secondary N) is 2. The van der Waals surface area contributed by atoms with E-state index in [1.54, 1.807) is 7.05 Å². The molecule has 0 atom stereocenters. The van der Waals surface area contributed by atoms with Gasteiger partial charge in [-0.15, -0.1) is 30.6 Å². The lowest BCUT2D eigenvalue weighted by Gasteiger charge is -2.24. The van der Waals surface area contributed by atoms with Gasteiger partial charge in [0.1, 0.15) is 0 Å². The molecule has 1 amide bonds. The van der Waals surface area contributed by atoms with Crippen molar-refractivity contribution in [2.75, 3.05) is 27.2 Å². The molecule has 20 heavy (non-hydrogen) atoms. The van der Waals surface area contributed by atoms with E-state index in [0.29, 0.717) is 0 Å². The third-order valence-corrected chi connectivity index (χ3v) is 2.40. The molecule has 6 heteroatoms. The molecule has 118 valence electrons. The van der Waals surface area contributed by atoms with Gasteiger partial charge in [0.15, 0.2) is 5.96 Å². The summed E-state index contributed by atoms with van der Waals surface area (Å²) in [6.45, 7) is 10.7. The Labute approximate surface area is 140 Å². The number of guanidine groups is 1. The van der Waals surface area contributed by atoms with E-state index < -0.39 is 0 Å². The van der Waals surface area contributed by atoms with Gasteiger partial charge < -0.3 is 15.5 Å². The minimum Gasteiger partial charge on any atom is -0.350 e. The summed E-state index contributed by atoms with van der Waals surface area (Å²) in [4.78, 5) is 17.9. The van der Waals surface area contributed by atoms with Crippen LogP contribution in [0, 0.1) is 0 Å². The van der Waals surface area contributed by atoms with Crippen LogP contribution in [0.4, 0.5) is 0 Å². The minimum atomic E-state index is -0.210. The van der Waals surface area contributed by atoms with Crippen LogP contribution in [0.3, 0.4) is 0 Å². The average Bonchev–Trinajstić information content (AvgIpc) is 2.27. The van der Waals surface area contributed by atoms with Crippen molar-refractivity contribution >= 4 is 35.8 Å². The lowest BCUT2D eigenvalue weighted by molar-refractivity contribution is -0.121. The lowest BCUT2D eigenvalue weighted by atomic mass is 10.1. The van der Waals surface area contributed by atoms with Crippen molar-refractivity contribution < 1.29 is 4.79 Å². The normalized spacial score (nSPS) is 11.3. The number of nitrogens with zero attached hydrogens (tertiary/aromatic N) is 2. The maximum Gasteiger partial charge on any atom is 0.239 e. The topological polar surface area (TPSA) is 56.7 Å². The van der Waals surface area contributed by atoms with Crippen LogP contribution in [-0.4, -0.2) is 49.5 Å². The highest BCUT2D eigenvalue weighted by Gasteiger charge is 2.14. The van der Waals surface area contributed by atoms with Crippen molar-refractivity contribution in [2.45, 2.75) is 39.2 Å². The molecule has 0 unspecified atom stereocenters. The molecule has 0 aromatic heterocycles. The van der Waals surface area contributed by atoms with Gasteiger partial charge in [0.25, 0.3) is 0 Å². The number of amides is 1. The quantitative estimate of drug-likeness (QED) is 0.237. The van der Waals surface area contributed by atoms with E-state index in [9.17, 15) is 4.79 Å².